The molecule has 4 heterocycles. The van der Waals surface area contributed by atoms with E-state index in [1.807, 2.05) is 30.9 Å². The van der Waals surface area contributed by atoms with Crippen LogP contribution < -0.4 is 5.32 Å². The SMILES string of the molecule is Cc1ccc(C)c(CN2C[C@]34C=C[C@H](O3)[C@@H](C(=O)N3CCCNC(=O)C3)[C@@H]4C2=O)c1. The number of amides is 3. The van der Waals surface area contributed by atoms with Crippen LogP contribution in [0.4, 0.5) is 0 Å². The third-order valence-corrected chi connectivity index (χ3v) is 6.90. The fourth-order valence-corrected chi connectivity index (χ4v) is 5.38. The highest BCUT2D eigenvalue weighted by molar-refractivity contribution is 5.94. The van der Waals surface area contributed by atoms with Gasteiger partial charge in [-0.3, -0.25) is 14.4 Å². The predicted octanol–water partition coefficient (Wildman–Crippen LogP) is 0.934. The number of aryl methyl sites for hydroxylation is 2. The van der Waals surface area contributed by atoms with Gasteiger partial charge in [0, 0.05) is 19.6 Å². The molecule has 158 valence electrons. The fourth-order valence-electron chi connectivity index (χ4n) is 5.38. The topological polar surface area (TPSA) is 79.0 Å². The van der Waals surface area contributed by atoms with E-state index in [9.17, 15) is 14.4 Å². The first kappa shape index (κ1) is 19.3. The summed E-state index contributed by atoms with van der Waals surface area (Å²) in [5.41, 5.74) is 2.69. The molecule has 4 atom stereocenters. The minimum absolute atomic E-state index is 0.0274. The maximum atomic E-state index is 13.5. The Morgan fingerprint density at radius 3 is 2.97 bits per heavy atom. The summed E-state index contributed by atoms with van der Waals surface area (Å²) in [6.45, 7) is 6.20. The molecule has 1 N–H and O–H groups in total. The second-order valence-electron chi connectivity index (χ2n) is 8.99. The van der Waals surface area contributed by atoms with E-state index in [1.165, 1.54) is 0 Å². The van der Waals surface area contributed by atoms with Gasteiger partial charge < -0.3 is 19.9 Å². The summed E-state index contributed by atoms with van der Waals surface area (Å²) in [6.07, 6.45) is 4.22. The molecule has 4 aliphatic heterocycles. The van der Waals surface area contributed by atoms with Crippen molar-refractivity contribution in [3.63, 3.8) is 0 Å². The lowest BCUT2D eigenvalue weighted by Crippen LogP contribution is -2.47. The van der Waals surface area contributed by atoms with Gasteiger partial charge in [-0.2, -0.15) is 0 Å². The van der Waals surface area contributed by atoms with Gasteiger partial charge in [0.05, 0.1) is 31.0 Å². The lowest BCUT2D eigenvalue weighted by Gasteiger charge is -2.28. The van der Waals surface area contributed by atoms with Crippen LogP contribution in [0.2, 0.25) is 0 Å². The van der Waals surface area contributed by atoms with E-state index in [2.05, 4.69) is 23.5 Å². The number of likely N-dealkylation sites (tertiary alicyclic amines) is 1. The van der Waals surface area contributed by atoms with E-state index in [0.29, 0.717) is 32.6 Å². The third-order valence-electron chi connectivity index (χ3n) is 6.90. The lowest BCUT2D eigenvalue weighted by atomic mass is 9.76. The normalized spacial score (nSPS) is 32.4. The number of hydrogen-bond donors (Lipinski definition) is 1. The summed E-state index contributed by atoms with van der Waals surface area (Å²) >= 11 is 0. The summed E-state index contributed by atoms with van der Waals surface area (Å²) in [7, 11) is 0. The average Bonchev–Trinajstić information content (AvgIpc) is 3.28. The zero-order chi connectivity index (χ0) is 21.0. The monoisotopic (exact) mass is 409 g/mol. The van der Waals surface area contributed by atoms with Crippen LogP contribution in [0.3, 0.4) is 0 Å². The average molecular weight is 409 g/mol. The van der Waals surface area contributed by atoms with E-state index < -0.39 is 17.4 Å². The molecule has 1 aromatic carbocycles. The highest BCUT2D eigenvalue weighted by atomic mass is 16.5. The van der Waals surface area contributed by atoms with Crippen molar-refractivity contribution in [2.24, 2.45) is 11.8 Å². The number of nitrogens with one attached hydrogen (secondary N) is 1. The quantitative estimate of drug-likeness (QED) is 0.754. The largest absolute Gasteiger partial charge is 0.360 e. The van der Waals surface area contributed by atoms with Gasteiger partial charge in [0.25, 0.3) is 0 Å². The van der Waals surface area contributed by atoms with Crippen LogP contribution in [0.5, 0.6) is 0 Å². The molecule has 0 unspecified atom stereocenters. The molecule has 0 aromatic heterocycles. The maximum absolute atomic E-state index is 13.5. The van der Waals surface area contributed by atoms with Crippen molar-refractivity contribution in [3.05, 3.63) is 47.0 Å². The van der Waals surface area contributed by atoms with Crippen LogP contribution in [0.1, 0.15) is 23.1 Å². The number of fused-ring (bicyclic) bond motifs is 1. The molecule has 1 spiro atoms. The van der Waals surface area contributed by atoms with Gasteiger partial charge in [-0.25, -0.2) is 0 Å². The first-order chi connectivity index (χ1) is 14.4. The number of rotatable bonds is 3. The summed E-state index contributed by atoms with van der Waals surface area (Å²) in [5.74, 6) is -1.39. The van der Waals surface area contributed by atoms with Crippen LogP contribution in [-0.4, -0.2) is 65.4 Å². The summed E-state index contributed by atoms with van der Waals surface area (Å²) in [4.78, 5) is 42.2. The Kier molecular flexibility index (Phi) is 4.47. The zero-order valence-electron chi connectivity index (χ0n) is 17.4. The predicted molar refractivity (Wildman–Crippen MR) is 109 cm³/mol. The van der Waals surface area contributed by atoms with E-state index >= 15 is 0 Å². The van der Waals surface area contributed by atoms with Crippen molar-refractivity contribution in [2.75, 3.05) is 26.2 Å². The molecular formula is C23H27N3O4. The molecule has 0 saturated carbocycles. The molecule has 1 aromatic rings. The van der Waals surface area contributed by atoms with Crippen LogP contribution in [0.15, 0.2) is 30.4 Å². The minimum Gasteiger partial charge on any atom is -0.360 e. The number of carbonyl (C=O) groups is 3. The molecule has 7 nitrogen and oxygen atoms in total. The highest BCUT2D eigenvalue weighted by Crippen LogP contribution is 2.52. The summed E-state index contributed by atoms with van der Waals surface area (Å²) in [5, 5.41) is 2.80. The van der Waals surface area contributed by atoms with Crippen LogP contribution in [0, 0.1) is 25.7 Å². The van der Waals surface area contributed by atoms with Crippen molar-refractivity contribution in [1.82, 2.24) is 15.1 Å². The van der Waals surface area contributed by atoms with E-state index in [0.717, 1.165) is 16.7 Å². The molecule has 4 aliphatic rings. The van der Waals surface area contributed by atoms with Gasteiger partial charge in [0.1, 0.15) is 5.60 Å². The molecule has 3 fully saturated rings. The number of benzene rings is 1. The van der Waals surface area contributed by atoms with Crippen LogP contribution in [-0.2, 0) is 25.7 Å². The van der Waals surface area contributed by atoms with Crippen molar-refractivity contribution in [1.29, 1.82) is 0 Å². The first-order valence-electron chi connectivity index (χ1n) is 10.7. The second-order valence-corrected chi connectivity index (χ2v) is 8.99. The summed E-state index contributed by atoms with van der Waals surface area (Å²) < 4.78 is 6.24. The molecule has 0 radical (unpaired) electrons. The standard InChI is InChI=1S/C23H27N3O4/c1-14-4-5-15(2)16(10-14)11-26-13-23-7-6-17(30-23)19(20(23)22(26)29)21(28)25-9-3-8-24-18(27)12-25/h4-7,10,17,19-20H,3,8-9,11-13H2,1-2H3,(H,24,27)/t17-,19+,20+,23-/m0/s1. The van der Waals surface area contributed by atoms with Crippen molar-refractivity contribution in [3.8, 4) is 0 Å². The Balaban J connectivity index is 1.40. The van der Waals surface area contributed by atoms with Gasteiger partial charge >= 0.3 is 0 Å². The van der Waals surface area contributed by atoms with Gasteiger partial charge in [-0.05, 0) is 31.4 Å². The van der Waals surface area contributed by atoms with Crippen molar-refractivity contribution < 1.29 is 19.1 Å². The number of hydrogen-bond acceptors (Lipinski definition) is 4. The van der Waals surface area contributed by atoms with Crippen molar-refractivity contribution >= 4 is 17.7 Å². The molecule has 5 rings (SSSR count). The molecule has 7 heteroatoms. The van der Waals surface area contributed by atoms with Gasteiger partial charge in [0.2, 0.25) is 17.7 Å². The number of ether oxygens (including phenoxy) is 1. The van der Waals surface area contributed by atoms with E-state index in [1.54, 1.807) is 4.90 Å². The highest BCUT2D eigenvalue weighted by Gasteiger charge is 2.67. The number of nitrogens with zero attached hydrogens (tertiary/aromatic N) is 2. The third kappa shape index (κ3) is 2.95. The number of carbonyl (C=O) groups excluding carboxylic acids is 3. The Labute approximate surface area is 176 Å². The molecule has 2 bridgehead atoms. The maximum Gasteiger partial charge on any atom is 0.239 e. The van der Waals surface area contributed by atoms with E-state index in [4.69, 9.17) is 4.74 Å². The second kappa shape index (κ2) is 6.94. The Bertz CT molecular complexity index is 958. The molecule has 3 saturated heterocycles. The molecule has 0 aliphatic carbocycles. The molecule has 30 heavy (non-hydrogen) atoms. The van der Waals surface area contributed by atoms with Gasteiger partial charge in [-0.15, -0.1) is 0 Å². The first-order valence-corrected chi connectivity index (χ1v) is 10.7. The van der Waals surface area contributed by atoms with Gasteiger partial charge in [0.15, 0.2) is 0 Å². The van der Waals surface area contributed by atoms with Gasteiger partial charge in [-0.1, -0.05) is 35.9 Å². The molecule has 3 amide bonds. The minimum atomic E-state index is -0.728. The van der Waals surface area contributed by atoms with E-state index in [-0.39, 0.29) is 30.4 Å². The zero-order valence-corrected chi connectivity index (χ0v) is 17.4. The smallest absolute Gasteiger partial charge is 0.239 e. The molecular weight excluding hydrogens is 382 g/mol. The lowest BCUT2D eigenvalue weighted by molar-refractivity contribution is -0.144. The van der Waals surface area contributed by atoms with Crippen LogP contribution in [0.25, 0.3) is 0 Å². The Hall–Kier alpha value is -2.67. The van der Waals surface area contributed by atoms with Crippen molar-refractivity contribution in [2.45, 2.75) is 38.5 Å². The van der Waals surface area contributed by atoms with Crippen LogP contribution >= 0.6 is 0 Å². The Morgan fingerprint density at radius 2 is 2.13 bits per heavy atom. The summed E-state index contributed by atoms with van der Waals surface area (Å²) in [6, 6.07) is 6.25. The fraction of sp³-hybridized carbons (Fsp3) is 0.522. The Morgan fingerprint density at radius 1 is 1.30 bits per heavy atom.